The Balaban J connectivity index is 2.49. The Labute approximate surface area is 107 Å². The Morgan fingerprint density at radius 3 is 2.53 bits per heavy atom. The number of nitrogens with zero attached hydrogens (tertiary/aromatic N) is 1. The Kier molecular flexibility index (Phi) is 3.24. The van der Waals surface area contributed by atoms with Gasteiger partial charge in [-0.15, -0.1) is 0 Å². The van der Waals surface area contributed by atoms with Gasteiger partial charge in [-0.3, -0.25) is 14.9 Å². The molecule has 0 heterocycles. The first-order valence-corrected chi connectivity index (χ1v) is 5.34. The van der Waals surface area contributed by atoms with Crippen LogP contribution in [0, 0.1) is 15.9 Å². The van der Waals surface area contributed by atoms with Gasteiger partial charge in [0.15, 0.2) is 5.78 Å². The number of carbonyl (C=O) groups is 1. The lowest BCUT2D eigenvalue weighted by molar-refractivity contribution is -0.383. The highest BCUT2D eigenvalue weighted by molar-refractivity contribution is 6.09. The largest absolute Gasteiger partial charge is 0.393 e. The lowest BCUT2D eigenvalue weighted by Crippen LogP contribution is -2.05. The summed E-state index contributed by atoms with van der Waals surface area (Å²) in [5.41, 5.74) is 4.89. The minimum Gasteiger partial charge on any atom is -0.393 e. The molecule has 2 aromatic carbocycles. The second-order valence-corrected chi connectivity index (χ2v) is 3.84. The minimum absolute atomic E-state index is 0.0194. The van der Waals surface area contributed by atoms with E-state index in [1.54, 1.807) is 0 Å². The third-order valence-electron chi connectivity index (χ3n) is 2.61. The fourth-order valence-electron chi connectivity index (χ4n) is 1.64. The van der Waals surface area contributed by atoms with Gasteiger partial charge in [-0.25, -0.2) is 4.39 Å². The number of ketones is 1. The number of benzene rings is 2. The zero-order chi connectivity index (χ0) is 14.0. The van der Waals surface area contributed by atoms with Gasteiger partial charge in [-0.1, -0.05) is 12.1 Å². The maximum Gasteiger partial charge on any atom is 0.292 e. The predicted molar refractivity (Wildman–Crippen MR) is 67.3 cm³/mol. The van der Waals surface area contributed by atoms with Gasteiger partial charge in [0.05, 0.1) is 10.5 Å². The number of nitrogen functional groups attached to an aromatic ring is 1. The van der Waals surface area contributed by atoms with Crippen LogP contribution in [0.2, 0.25) is 0 Å². The van der Waals surface area contributed by atoms with E-state index in [0.29, 0.717) is 0 Å². The van der Waals surface area contributed by atoms with Crippen LogP contribution in [0.15, 0.2) is 42.5 Å². The summed E-state index contributed by atoms with van der Waals surface area (Å²) in [4.78, 5) is 22.1. The molecule has 0 aromatic heterocycles. The average Bonchev–Trinajstić information content (AvgIpc) is 2.38. The molecule has 0 unspecified atom stereocenters. The lowest BCUT2D eigenvalue weighted by Gasteiger charge is -2.03. The van der Waals surface area contributed by atoms with Crippen molar-refractivity contribution in [2.45, 2.75) is 0 Å². The maximum absolute atomic E-state index is 13.5. The van der Waals surface area contributed by atoms with Crippen LogP contribution in [-0.2, 0) is 0 Å². The first-order valence-electron chi connectivity index (χ1n) is 5.34. The third kappa shape index (κ3) is 2.42. The lowest BCUT2D eigenvalue weighted by atomic mass is 10.0. The molecule has 0 amide bonds. The van der Waals surface area contributed by atoms with Crippen molar-refractivity contribution in [2.75, 3.05) is 5.73 Å². The standard InChI is InChI=1S/C13H9FN2O3/c14-10-4-2-1-3-9(10)13(17)8-5-6-11(15)12(7-8)16(18)19/h1-7H,15H2. The summed E-state index contributed by atoms with van der Waals surface area (Å²) in [6.07, 6.45) is 0. The second kappa shape index (κ2) is 4.85. The molecule has 19 heavy (non-hydrogen) atoms. The molecule has 0 saturated heterocycles. The summed E-state index contributed by atoms with van der Waals surface area (Å²) < 4.78 is 13.5. The minimum atomic E-state index is -0.687. The van der Waals surface area contributed by atoms with Gasteiger partial charge < -0.3 is 5.73 Å². The smallest absolute Gasteiger partial charge is 0.292 e. The molecule has 96 valence electrons. The highest BCUT2D eigenvalue weighted by atomic mass is 19.1. The quantitative estimate of drug-likeness (QED) is 0.397. The van der Waals surface area contributed by atoms with Crippen molar-refractivity contribution < 1.29 is 14.1 Å². The van der Waals surface area contributed by atoms with Gasteiger partial charge in [0, 0.05) is 11.6 Å². The zero-order valence-corrected chi connectivity index (χ0v) is 9.67. The van der Waals surface area contributed by atoms with Crippen molar-refractivity contribution in [3.05, 3.63) is 69.5 Å². The first-order chi connectivity index (χ1) is 9.00. The van der Waals surface area contributed by atoms with E-state index in [1.165, 1.54) is 30.3 Å². The number of nitrogens with two attached hydrogens (primary N) is 1. The summed E-state index contributed by atoms with van der Waals surface area (Å²) in [6.45, 7) is 0. The number of anilines is 1. The van der Waals surface area contributed by atoms with Crippen molar-refractivity contribution in [3.8, 4) is 0 Å². The van der Waals surface area contributed by atoms with Gasteiger partial charge in [0.25, 0.3) is 5.69 Å². The van der Waals surface area contributed by atoms with Crippen molar-refractivity contribution >= 4 is 17.2 Å². The Morgan fingerprint density at radius 1 is 1.21 bits per heavy atom. The van der Waals surface area contributed by atoms with Gasteiger partial charge in [-0.2, -0.15) is 0 Å². The van der Waals surface area contributed by atoms with E-state index in [1.807, 2.05) is 0 Å². The molecule has 0 aliphatic carbocycles. The monoisotopic (exact) mass is 260 g/mol. The van der Waals surface area contributed by atoms with Crippen molar-refractivity contribution in [1.29, 1.82) is 0 Å². The van der Waals surface area contributed by atoms with Crippen LogP contribution in [-0.4, -0.2) is 10.7 Å². The Morgan fingerprint density at radius 2 is 1.89 bits per heavy atom. The zero-order valence-electron chi connectivity index (χ0n) is 9.67. The molecule has 2 N–H and O–H groups in total. The van der Waals surface area contributed by atoms with Gasteiger partial charge in [0.1, 0.15) is 11.5 Å². The van der Waals surface area contributed by atoms with Crippen LogP contribution >= 0.6 is 0 Å². The van der Waals surface area contributed by atoms with Crippen LogP contribution in [0.4, 0.5) is 15.8 Å². The average molecular weight is 260 g/mol. The van der Waals surface area contributed by atoms with E-state index in [2.05, 4.69) is 0 Å². The van der Waals surface area contributed by atoms with Crippen LogP contribution in [0.25, 0.3) is 0 Å². The van der Waals surface area contributed by atoms with Crippen LogP contribution in [0.3, 0.4) is 0 Å². The molecule has 5 nitrogen and oxygen atoms in total. The highest BCUT2D eigenvalue weighted by Gasteiger charge is 2.18. The Bertz CT molecular complexity index is 671. The summed E-state index contributed by atoms with van der Waals surface area (Å²) in [6, 6.07) is 9.08. The topological polar surface area (TPSA) is 86.2 Å². The molecule has 2 rings (SSSR count). The summed E-state index contributed by atoms with van der Waals surface area (Å²) in [5.74, 6) is -1.30. The first kappa shape index (κ1) is 12.7. The predicted octanol–water partition coefficient (Wildman–Crippen LogP) is 2.55. The van der Waals surface area contributed by atoms with Crippen LogP contribution < -0.4 is 5.73 Å². The molecule has 0 radical (unpaired) electrons. The third-order valence-corrected chi connectivity index (χ3v) is 2.61. The summed E-state index contributed by atoms with van der Waals surface area (Å²) >= 11 is 0. The van der Waals surface area contributed by atoms with E-state index in [-0.39, 0.29) is 22.5 Å². The molecule has 0 aliphatic heterocycles. The van der Waals surface area contributed by atoms with Gasteiger partial charge in [-0.05, 0) is 24.3 Å². The number of hydrogen-bond acceptors (Lipinski definition) is 4. The number of nitro benzene ring substituents is 1. The fraction of sp³-hybridized carbons (Fsp3) is 0. The molecule has 6 heteroatoms. The molecule has 2 aromatic rings. The van der Waals surface area contributed by atoms with E-state index < -0.39 is 16.5 Å². The van der Waals surface area contributed by atoms with E-state index in [9.17, 15) is 19.3 Å². The summed E-state index contributed by atoms with van der Waals surface area (Å²) in [5, 5.41) is 10.7. The Hall–Kier alpha value is -2.76. The molecule has 0 bridgehead atoms. The number of carbonyl (C=O) groups excluding carboxylic acids is 1. The van der Waals surface area contributed by atoms with Crippen LogP contribution in [0.5, 0.6) is 0 Å². The van der Waals surface area contributed by atoms with Crippen molar-refractivity contribution in [1.82, 2.24) is 0 Å². The maximum atomic E-state index is 13.5. The molecular weight excluding hydrogens is 251 g/mol. The van der Waals surface area contributed by atoms with Gasteiger partial charge in [0.2, 0.25) is 0 Å². The van der Waals surface area contributed by atoms with E-state index >= 15 is 0 Å². The molecule has 0 atom stereocenters. The van der Waals surface area contributed by atoms with Gasteiger partial charge >= 0.3 is 0 Å². The van der Waals surface area contributed by atoms with E-state index in [0.717, 1.165) is 12.1 Å². The second-order valence-electron chi connectivity index (χ2n) is 3.84. The molecule has 0 aliphatic rings. The van der Waals surface area contributed by atoms with E-state index in [4.69, 9.17) is 5.73 Å². The normalized spacial score (nSPS) is 10.2. The molecule has 0 saturated carbocycles. The number of nitro groups is 1. The van der Waals surface area contributed by atoms with Crippen molar-refractivity contribution in [3.63, 3.8) is 0 Å². The fourth-order valence-corrected chi connectivity index (χ4v) is 1.64. The highest BCUT2D eigenvalue weighted by Crippen LogP contribution is 2.24. The number of hydrogen-bond donors (Lipinski definition) is 1. The number of halogens is 1. The summed E-state index contributed by atoms with van der Waals surface area (Å²) in [7, 11) is 0. The molecular formula is C13H9FN2O3. The SMILES string of the molecule is Nc1ccc(C(=O)c2ccccc2F)cc1[N+](=O)[O-]. The molecule has 0 spiro atoms. The number of rotatable bonds is 3. The van der Waals surface area contributed by atoms with Crippen LogP contribution in [0.1, 0.15) is 15.9 Å². The van der Waals surface area contributed by atoms with Crippen molar-refractivity contribution in [2.24, 2.45) is 0 Å². The molecule has 0 fully saturated rings.